The van der Waals surface area contributed by atoms with Crippen molar-refractivity contribution in [3.05, 3.63) is 47.5 Å². The Morgan fingerprint density at radius 1 is 1.12 bits per heavy atom. The lowest BCUT2D eigenvalue weighted by atomic mass is 9.94. The zero-order valence-corrected chi connectivity index (χ0v) is 14.0. The quantitative estimate of drug-likeness (QED) is 0.382. The molecule has 8 heteroatoms. The summed E-state index contributed by atoms with van der Waals surface area (Å²) < 4.78 is 0. The van der Waals surface area contributed by atoms with Gasteiger partial charge in [0.1, 0.15) is 5.75 Å². The van der Waals surface area contributed by atoms with Crippen LogP contribution in [0.4, 0.5) is 5.69 Å². The van der Waals surface area contributed by atoms with E-state index < -0.39 is 5.75 Å². The van der Waals surface area contributed by atoms with Crippen molar-refractivity contribution in [1.29, 1.82) is 0 Å². The van der Waals surface area contributed by atoms with Crippen LogP contribution in [0.5, 0.6) is 17.2 Å². The fraction of sp³-hybridized carbons (Fsp3) is 0.222. The van der Waals surface area contributed by atoms with Gasteiger partial charge in [0.05, 0.1) is 17.9 Å². The Kier molecular flexibility index (Phi) is 4.83. The van der Waals surface area contributed by atoms with E-state index in [1.54, 1.807) is 12.1 Å². The molecule has 1 atom stereocenters. The molecule has 2 aromatic carbocycles. The molecule has 1 aliphatic rings. The summed E-state index contributed by atoms with van der Waals surface area (Å²) in [6.07, 6.45) is 0.406. The molecule has 0 bridgehead atoms. The Balaban J connectivity index is 1.69. The smallest absolute Gasteiger partial charge is 0.240 e. The van der Waals surface area contributed by atoms with Crippen LogP contribution in [0.15, 0.2) is 51.7 Å². The van der Waals surface area contributed by atoms with Crippen molar-refractivity contribution < 1.29 is 20.1 Å². The molecule has 3 rings (SSSR count). The van der Waals surface area contributed by atoms with Crippen LogP contribution in [0.1, 0.15) is 24.5 Å². The summed E-state index contributed by atoms with van der Waals surface area (Å²) in [6.45, 7) is 2.00. The van der Waals surface area contributed by atoms with Gasteiger partial charge in [-0.2, -0.15) is 15.3 Å². The van der Waals surface area contributed by atoms with E-state index in [-0.39, 0.29) is 29.9 Å². The van der Waals surface area contributed by atoms with Crippen LogP contribution >= 0.6 is 0 Å². The maximum Gasteiger partial charge on any atom is 0.240 e. The van der Waals surface area contributed by atoms with Crippen molar-refractivity contribution in [2.75, 3.05) is 0 Å². The third-order valence-corrected chi connectivity index (χ3v) is 4.03. The second-order valence-electron chi connectivity index (χ2n) is 6.05. The summed E-state index contributed by atoms with van der Waals surface area (Å²) in [5.41, 5.74) is 5.17. The van der Waals surface area contributed by atoms with Gasteiger partial charge in [-0.25, -0.2) is 5.43 Å². The van der Waals surface area contributed by atoms with Crippen LogP contribution in [-0.2, 0) is 11.3 Å². The molecular weight excluding hydrogens is 336 g/mol. The zero-order chi connectivity index (χ0) is 18.7. The van der Waals surface area contributed by atoms with Crippen molar-refractivity contribution >= 4 is 17.3 Å². The molecule has 0 spiro atoms. The summed E-state index contributed by atoms with van der Waals surface area (Å²) >= 11 is 0. The van der Waals surface area contributed by atoms with E-state index >= 15 is 0 Å². The van der Waals surface area contributed by atoms with Crippen molar-refractivity contribution in [3.8, 4) is 17.2 Å². The number of hydrazone groups is 1. The second kappa shape index (κ2) is 7.22. The highest BCUT2D eigenvalue weighted by Crippen LogP contribution is 2.32. The minimum Gasteiger partial charge on any atom is -0.507 e. The summed E-state index contributed by atoms with van der Waals surface area (Å²) in [7, 11) is 0. The summed E-state index contributed by atoms with van der Waals surface area (Å²) in [5, 5.41) is 40.7. The first-order valence-corrected chi connectivity index (χ1v) is 8.02. The fourth-order valence-corrected chi connectivity index (χ4v) is 2.63. The Morgan fingerprint density at radius 2 is 1.81 bits per heavy atom. The molecule has 4 N–H and O–H groups in total. The number of azo groups is 1. The molecule has 0 saturated heterocycles. The van der Waals surface area contributed by atoms with Gasteiger partial charge in [-0.3, -0.25) is 4.79 Å². The van der Waals surface area contributed by atoms with E-state index in [1.807, 2.05) is 19.1 Å². The number of benzene rings is 2. The molecule has 134 valence electrons. The van der Waals surface area contributed by atoms with Gasteiger partial charge in [0.15, 0.2) is 11.5 Å². The second-order valence-corrected chi connectivity index (χ2v) is 6.05. The Bertz CT molecular complexity index is 891. The highest BCUT2D eigenvalue weighted by atomic mass is 16.3. The number of nitrogens with one attached hydrogen (secondary N) is 1. The monoisotopic (exact) mass is 354 g/mol. The van der Waals surface area contributed by atoms with Crippen LogP contribution in [-0.4, -0.2) is 26.9 Å². The largest absolute Gasteiger partial charge is 0.507 e. The van der Waals surface area contributed by atoms with Gasteiger partial charge >= 0.3 is 0 Å². The third-order valence-electron chi connectivity index (χ3n) is 4.03. The minimum atomic E-state index is -0.394. The van der Waals surface area contributed by atoms with E-state index in [0.717, 1.165) is 17.3 Å². The Hall–Kier alpha value is -3.42. The van der Waals surface area contributed by atoms with Crippen LogP contribution in [0.2, 0.25) is 0 Å². The lowest BCUT2D eigenvalue weighted by Gasteiger charge is -2.19. The van der Waals surface area contributed by atoms with Crippen LogP contribution in [0.3, 0.4) is 0 Å². The number of phenols is 3. The van der Waals surface area contributed by atoms with Crippen molar-refractivity contribution in [2.24, 2.45) is 21.2 Å². The van der Waals surface area contributed by atoms with Gasteiger partial charge in [-0.15, -0.1) is 0 Å². The van der Waals surface area contributed by atoms with Gasteiger partial charge < -0.3 is 15.3 Å². The number of carbonyl (C=O) groups excluding carboxylic acids is 1. The number of nitrogens with zero attached hydrogens (tertiary/aromatic N) is 3. The first-order valence-electron chi connectivity index (χ1n) is 8.02. The molecule has 0 aliphatic carbocycles. The fourth-order valence-electron chi connectivity index (χ4n) is 2.63. The highest BCUT2D eigenvalue weighted by molar-refractivity contribution is 6.05. The standard InChI is InChI=1S/C18H18N4O4/c1-10-6-17(26)21-22-18(10)11-2-4-13(5-3-11)20-19-9-12-7-15(24)16(25)8-14(12)23/h2-5,7-8,10,23-25H,6,9H2,1H3,(H,21,26). The number of amides is 1. The molecule has 0 saturated carbocycles. The molecule has 8 nitrogen and oxygen atoms in total. The van der Waals surface area contributed by atoms with E-state index in [9.17, 15) is 20.1 Å². The first kappa shape index (κ1) is 17.4. The number of rotatable bonds is 4. The molecule has 26 heavy (non-hydrogen) atoms. The lowest BCUT2D eigenvalue weighted by Crippen LogP contribution is -2.31. The summed E-state index contributed by atoms with van der Waals surface area (Å²) in [4.78, 5) is 11.3. The molecule has 0 aromatic heterocycles. The summed E-state index contributed by atoms with van der Waals surface area (Å²) in [5.74, 6) is -0.931. The molecule has 1 heterocycles. The molecule has 1 unspecified atom stereocenters. The van der Waals surface area contributed by atoms with E-state index in [2.05, 4.69) is 20.8 Å². The van der Waals surface area contributed by atoms with Gasteiger partial charge in [-0.1, -0.05) is 19.1 Å². The van der Waals surface area contributed by atoms with E-state index in [1.165, 1.54) is 6.07 Å². The number of carbonyl (C=O) groups is 1. The van der Waals surface area contributed by atoms with Gasteiger partial charge in [-0.05, 0) is 23.8 Å². The molecule has 1 aliphatic heterocycles. The third kappa shape index (κ3) is 3.80. The van der Waals surface area contributed by atoms with Crippen molar-refractivity contribution in [3.63, 3.8) is 0 Å². The topological polar surface area (TPSA) is 127 Å². The molecule has 0 radical (unpaired) electrons. The maximum absolute atomic E-state index is 11.3. The van der Waals surface area contributed by atoms with Gasteiger partial charge in [0, 0.05) is 24.0 Å². The molecule has 1 amide bonds. The predicted octanol–water partition coefficient (Wildman–Crippen LogP) is 2.95. The number of phenolic OH excluding ortho intramolecular Hbond substituents is 3. The SMILES string of the molecule is CC1CC(=O)NN=C1c1ccc(N=NCc2cc(O)c(O)cc2O)cc1. The normalized spacial score (nSPS) is 17.2. The van der Waals surface area contributed by atoms with Gasteiger partial charge in [0.2, 0.25) is 5.91 Å². The van der Waals surface area contributed by atoms with E-state index in [4.69, 9.17) is 0 Å². The first-order chi connectivity index (χ1) is 12.4. The van der Waals surface area contributed by atoms with Crippen molar-refractivity contribution in [2.45, 2.75) is 19.9 Å². The van der Waals surface area contributed by atoms with Crippen LogP contribution < -0.4 is 5.43 Å². The Morgan fingerprint density at radius 3 is 2.50 bits per heavy atom. The summed E-state index contributed by atoms with van der Waals surface area (Å²) in [6, 6.07) is 9.55. The Labute approximate surface area is 149 Å². The molecule has 0 fully saturated rings. The number of hydrogen-bond donors (Lipinski definition) is 4. The predicted molar refractivity (Wildman–Crippen MR) is 94.6 cm³/mol. The maximum atomic E-state index is 11.3. The van der Waals surface area contributed by atoms with Crippen molar-refractivity contribution in [1.82, 2.24) is 5.43 Å². The van der Waals surface area contributed by atoms with Gasteiger partial charge in [0.25, 0.3) is 0 Å². The highest BCUT2D eigenvalue weighted by Gasteiger charge is 2.21. The molecular formula is C18H18N4O4. The number of hydrogen-bond acceptors (Lipinski definition) is 7. The lowest BCUT2D eigenvalue weighted by molar-refractivity contribution is -0.121. The van der Waals surface area contributed by atoms with Crippen LogP contribution in [0.25, 0.3) is 0 Å². The minimum absolute atomic E-state index is 0.0429. The molecule has 2 aromatic rings. The average Bonchev–Trinajstić information content (AvgIpc) is 2.60. The zero-order valence-electron chi connectivity index (χ0n) is 14.0. The van der Waals surface area contributed by atoms with Crippen LogP contribution in [0, 0.1) is 5.92 Å². The number of aromatic hydroxyl groups is 3. The average molecular weight is 354 g/mol. The van der Waals surface area contributed by atoms with E-state index in [0.29, 0.717) is 17.7 Å².